The van der Waals surface area contributed by atoms with Crippen molar-refractivity contribution in [3.63, 3.8) is 0 Å². The number of ether oxygens (including phenoxy) is 3. The van der Waals surface area contributed by atoms with Crippen molar-refractivity contribution < 1.29 is 23.8 Å². The van der Waals surface area contributed by atoms with Gasteiger partial charge in [-0.05, 0) is 57.6 Å². The topological polar surface area (TPSA) is 70.0 Å². The van der Waals surface area contributed by atoms with Crippen molar-refractivity contribution in [3.05, 3.63) is 35.5 Å². The van der Waals surface area contributed by atoms with Gasteiger partial charge in [0.1, 0.15) is 11.8 Å². The van der Waals surface area contributed by atoms with Crippen LogP contribution in [0.15, 0.2) is 24.3 Å². The zero-order valence-corrected chi connectivity index (χ0v) is 20.2. The minimum Gasteiger partial charge on any atom is -0.469 e. The summed E-state index contributed by atoms with van der Waals surface area (Å²) < 4.78 is 19.0. The second-order valence-electron chi connectivity index (χ2n) is 10.6. The Labute approximate surface area is 195 Å². The van der Waals surface area contributed by atoms with Crippen LogP contribution in [-0.2, 0) is 25.4 Å². The number of carbonyl (C=O) groups is 2. The van der Waals surface area contributed by atoms with Crippen molar-refractivity contribution in [2.75, 3.05) is 13.7 Å². The molecule has 0 N–H and O–H groups in total. The lowest BCUT2D eigenvalue weighted by Gasteiger charge is -2.49. The number of esters is 1. The molecule has 2 fully saturated rings. The average molecular weight is 455 g/mol. The molecule has 0 amide bonds. The Balaban J connectivity index is 1.65. The van der Waals surface area contributed by atoms with Crippen molar-refractivity contribution in [1.82, 2.24) is 9.47 Å². The summed E-state index contributed by atoms with van der Waals surface area (Å²) in [5.74, 6) is 0.194. The second kappa shape index (κ2) is 8.13. The molecule has 1 aromatic heterocycles. The number of piperidine rings is 1. The van der Waals surface area contributed by atoms with Gasteiger partial charge in [-0.25, -0.2) is 9.36 Å². The van der Waals surface area contributed by atoms with Gasteiger partial charge in [0.15, 0.2) is 0 Å². The highest BCUT2D eigenvalue weighted by Gasteiger charge is 2.54. The monoisotopic (exact) mass is 454 g/mol. The van der Waals surface area contributed by atoms with Gasteiger partial charge in [0.25, 0.3) is 0 Å². The van der Waals surface area contributed by atoms with E-state index in [-0.39, 0.29) is 42.2 Å². The Morgan fingerprint density at radius 2 is 1.97 bits per heavy atom. The summed E-state index contributed by atoms with van der Waals surface area (Å²) in [7, 11) is 1.44. The van der Waals surface area contributed by atoms with Gasteiger partial charge < -0.3 is 14.2 Å². The van der Waals surface area contributed by atoms with Crippen molar-refractivity contribution in [2.24, 2.45) is 11.8 Å². The van der Waals surface area contributed by atoms with Crippen molar-refractivity contribution in [1.29, 1.82) is 0 Å². The van der Waals surface area contributed by atoms with Gasteiger partial charge >= 0.3 is 12.1 Å². The third-order valence-electron chi connectivity index (χ3n) is 7.51. The van der Waals surface area contributed by atoms with E-state index in [1.165, 1.54) is 12.7 Å². The molecule has 0 spiro atoms. The van der Waals surface area contributed by atoms with Crippen molar-refractivity contribution in [3.8, 4) is 0 Å². The first-order valence-electron chi connectivity index (χ1n) is 12.0. The third kappa shape index (κ3) is 3.66. The molecule has 5 atom stereocenters. The lowest BCUT2D eigenvalue weighted by atomic mass is 9.74. The first-order chi connectivity index (χ1) is 15.7. The number of hydrogen-bond acceptors (Lipinski definition) is 6. The van der Waals surface area contributed by atoms with E-state index in [1.54, 1.807) is 4.57 Å². The number of fused-ring (bicyclic) bond motifs is 4. The Morgan fingerprint density at radius 1 is 1.21 bits per heavy atom. The molecule has 0 bridgehead atoms. The van der Waals surface area contributed by atoms with Crippen LogP contribution >= 0.6 is 0 Å². The molecule has 2 saturated heterocycles. The van der Waals surface area contributed by atoms with E-state index >= 15 is 0 Å². The minimum atomic E-state index is -0.598. The van der Waals surface area contributed by atoms with Gasteiger partial charge in [0, 0.05) is 23.8 Å². The van der Waals surface area contributed by atoms with Gasteiger partial charge in [-0.2, -0.15) is 0 Å². The SMILES string of the molecule is CC[C@@H]1[C@@H](CC(=O)OC)C[C@H]2c3c(c4ccccc4n3C(=O)OC(C)(C)C)C[C@H]3CO[C@@H]1N32. The lowest BCUT2D eigenvalue weighted by molar-refractivity contribution is -0.147. The maximum Gasteiger partial charge on any atom is 0.419 e. The van der Waals surface area contributed by atoms with Crippen LogP contribution in [0.2, 0.25) is 0 Å². The van der Waals surface area contributed by atoms with E-state index in [1.807, 2.05) is 39.0 Å². The Kier molecular flexibility index (Phi) is 5.52. The first kappa shape index (κ1) is 22.4. The van der Waals surface area contributed by atoms with E-state index in [0.717, 1.165) is 35.9 Å². The normalized spacial score (nSPS) is 28.9. The van der Waals surface area contributed by atoms with E-state index in [4.69, 9.17) is 14.2 Å². The number of nitrogens with zero attached hydrogens (tertiary/aromatic N) is 2. The summed E-state index contributed by atoms with van der Waals surface area (Å²) in [5.41, 5.74) is 2.50. The van der Waals surface area contributed by atoms with Crippen LogP contribution in [-0.4, -0.2) is 53.1 Å². The maximum atomic E-state index is 13.5. The molecule has 0 unspecified atom stereocenters. The maximum absolute atomic E-state index is 13.5. The molecular weight excluding hydrogens is 420 g/mol. The molecule has 0 aliphatic carbocycles. The van der Waals surface area contributed by atoms with Gasteiger partial charge in [-0.3, -0.25) is 9.69 Å². The summed E-state index contributed by atoms with van der Waals surface area (Å²) in [6, 6.07) is 8.36. The number of aromatic nitrogens is 1. The molecule has 5 rings (SSSR count). The fourth-order valence-electron chi connectivity index (χ4n) is 6.30. The van der Waals surface area contributed by atoms with Crippen LogP contribution in [0.1, 0.15) is 64.3 Å². The predicted octanol–water partition coefficient (Wildman–Crippen LogP) is 4.66. The van der Waals surface area contributed by atoms with Gasteiger partial charge in [0.2, 0.25) is 0 Å². The van der Waals surface area contributed by atoms with Gasteiger partial charge in [-0.15, -0.1) is 0 Å². The fourth-order valence-corrected chi connectivity index (χ4v) is 6.30. The quantitative estimate of drug-likeness (QED) is 0.629. The molecular formula is C26H34N2O5. The summed E-state index contributed by atoms with van der Waals surface area (Å²) >= 11 is 0. The Bertz CT molecular complexity index is 1080. The number of benzene rings is 1. The third-order valence-corrected chi connectivity index (χ3v) is 7.51. The largest absolute Gasteiger partial charge is 0.469 e. The number of methoxy groups -OCH3 is 1. The summed E-state index contributed by atoms with van der Waals surface area (Å²) in [4.78, 5) is 28.2. The highest BCUT2D eigenvalue weighted by atomic mass is 16.6. The Morgan fingerprint density at radius 3 is 2.67 bits per heavy atom. The zero-order valence-electron chi connectivity index (χ0n) is 20.2. The molecule has 3 aliphatic rings. The van der Waals surface area contributed by atoms with Crippen LogP contribution in [0.4, 0.5) is 4.79 Å². The standard InChI is InChI=1S/C26H34N2O5/c1-6-17-15(12-22(29)31-5)11-21-23-19(13-16-14-32-24(17)27(16)21)18-9-7-8-10-20(18)28(23)25(30)33-26(2,3)4/h7-10,15-17,21,24H,6,11-14H2,1-5H3/t15-,16+,17-,21+,24+/m1/s1. The van der Waals surface area contributed by atoms with Gasteiger partial charge in [-0.1, -0.05) is 25.1 Å². The van der Waals surface area contributed by atoms with Crippen LogP contribution in [0.5, 0.6) is 0 Å². The molecule has 0 radical (unpaired) electrons. The summed E-state index contributed by atoms with van der Waals surface area (Å²) in [6.07, 6.45) is 2.53. The van der Waals surface area contributed by atoms with E-state index in [0.29, 0.717) is 13.0 Å². The summed E-state index contributed by atoms with van der Waals surface area (Å²) in [6.45, 7) is 8.51. The predicted molar refractivity (Wildman–Crippen MR) is 124 cm³/mol. The van der Waals surface area contributed by atoms with Crippen molar-refractivity contribution in [2.45, 2.75) is 77.3 Å². The highest BCUT2D eigenvalue weighted by molar-refractivity contribution is 5.94. The smallest absolute Gasteiger partial charge is 0.419 e. The summed E-state index contributed by atoms with van der Waals surface area (Å²) in [5, 5.41) is 1.10. The molecule has 1 aromatic carbocycles. The zero-order chi connectivity index (χ0) is 23.5. The average Bonchev–Trinajstić information content (AvgIpc) is 3.33. The highest BCUT2D eigenvalue weighted by Crippen LogP contribution is 2.52. The number of hydrogen-bond donors (Lipinski definition) is 0. The van der Waals surface area contributed by atoms with Crippen LogP contribution in [0.3, 0.4) is 0 Å². The molecule has 0 saturated carbocycles. The minimum absolute atomic E-state index is 0.0105. The van der Waals surface area contributed by atoms with Crippen LogP contribution in [0, 0.1) is 11.8 Å². The second-order valence-corrected chi connectivity index (χ2v) is 10.6. The molecule has 178 valence electrons. The van der Waals surface area contributed by atoms with E-state index in [9.17, 15) is 9.59 Å². The molecule has 7 heteroatoms. The first-order valence-corrected chi connectivity index (χ1v) is 12.0. The molecule has 33 heavy (non-hydrogen) atoms. The van der Waals surface area contributed by atoms with Gasteiger partial charge in [0.05, 0.1) is 31.0 Å². The van der Waals surface area contributed by atoms with Crippen LogP contribution in [0.25, 0.3) is 10.9 Å². The van der Waals surface area contributed by atoms with E-state index < -0.39 is 5.60 Å². The fraction of sp³-hybridized carbons (Fsp3) is 0.615. The molecule has 2 aromatic rings. The lowest BCUT2D eigenvalue weighted by Crippen LogP contribution is -2.54. The number of carbonyl (C=O) groups excluding carboxylic acids is 2. The number of para-hydroxylation sites is 1. The molecule has 4 heterocycles. The molecule has 7 nitrogen and oxygen atoms in total. The molecule has 3 aliphatic heterocycles. The number of rotatable bonds is 3. The van der Waals surface area contributed by atoms with Crippen molar-refractivity contribution >= 4 is 23.0 Å². The van der Waals surface area contributed by atoms with E-state index in [2.05, 4.69) is 17.9 Å². The van der Waals surface area contributed by atoms with Crippen LogP contribution < -0.4 is 0 Å². The Hall–Kier alpha value is -2.38.